The highest BCUT2D eigenvalue weighted by atomic mass is 16.1. The Morgan fingerprint density at radius 3 is 2.50 bits per heavy atom. The first kappa shape index (κ1) is 10.7. The van der Waals surface area contributed by atoms with E-state index in [4.69, 9.17) is 0 Å². The lowest BCUT2D eigenvalue weighted by atomic mass is 10.2. The van der Waals surface area contributed by atoms with Crippen molar-refractivity contribution in [3.63, 3.8) is 0 Å². The van der Waals surface area contributed by atoms with Crippen molar-refractivity contribution in [2.24, 2.45) is 0 Å². The zero-order valence-electron chi connectivity index (χ0n) is 9.78. The monoisotopic (exact) mass is 236 g/mol. The van der Waals surface area contributed by atoms with Crippen LogP contribution in [-0.4, -0.2) is 9.78 Å². The molecule has 0 aliphatic heterocycles. The van der Waals surface area contributed by atoms with Gasteiger partial charge in [0.2, 0.25) is 0 Å². The molecule has 0 fully saturated rings. The van der Waals surface area contributed by atoms with Crippen LogP contribution in [0.25, 0.3) is 10.8 Å². The summed E-state index contributed by atoms with van der Waals surface area (Å²) in [6, 6.07) is 17.4. The molecule has 18 heavy (non-hydrogen) atoms. The molecular formula is C15H12N2O. The Balaban J connectivity index is 2.08. The Kier molecular flexibility index (Phi) is 2.65. The lowest BCUT2D eigenvalue weighted by Gasteiger charge is -2.05. The fourth-order valence-corrected chi connectivity index (χ4v) is 2.00. The summed E-state index contributed by atoms with van der Waals surface area (Å²) in [5.74, 6) is 0. The third-order valence-corrected chi connectivity index (χ3v) is 2.94. The van der Waals surface area contributed by atoms with E-state index in [-0.39, 0.29) is 5.56 Å². The minimum Gasteiger partial charge on any atom is -0.267 e. The zero-order valence-corrected chi connectivity index (χ0v) is 9.78. The molecule has 2 aromatic carbocycles. The van der Waals surface area contributed by atoms with Crippen molar-refractivity contribution in [3.05, 3.63) is 76.7 Å². The van der Waals surface area contributed by atoms with Crippen LogP contribution in [0, 0.1) is 0 Å². The Morgan fingerprint density at radius 1 is 0.944 bits per heavy atom. The van der Waals surface area contributed by atoms with Crippen molar-refractivity contribution in [3.8, 4) is 0 Å². The SMILES string of the molecule is O=c1c2ccccc2cnn1Cc1ccccc1. The van der Waals surface area contributed by atoms with Gasteiger partial charge in [-0.2, -0.15) is 5.10 Å². The minimum atomic E-state index is -0.0445. The molecule has 0 N–H and O–H groups in total. The molecular weight excluding hydrogens is 224 g/mol. The average molecular weight is 236 g/mol. The van der Waals surface area contributed by atoms with Gasteiger partial charge in [0.15, 0.2) is 0 Å². The number of hydrogen-bond donors (Lipinski definition) is 0. The second kappa shape index (κ2) is 4.45. The van der Waals surface area contributed by atoms with Gasteiger partial charge in [-0.05, 0) is 11.6 Å². The summed E-state index contributed by atoms with van der Waals surface area (Å²) in [5, 5.41) is 5.80. The van der Waals surface area contributed by atoms with Crippen molar-refractivity contribution in [1.82, 2.24) is 9.78 Å². The van der Waals surface area contributed by atoms with Crippen LogP contribution in [0.3, 0.4) is 0 Å². The number of hydrogen-bond acceptors (Lipinski definition) is 2. The highest BCUT2D eigenvalue weighted by molar-refractivity contribution is 5.80. The number of aromatic nitrogens is 2. The zero-order chi connectivity index (χ0) is 12.4. The molecule has 0 aliphatic carbocycles. The number of benzene rings is 2. The van der Waals surface area contributed by atoms with Gasteiger partial charge in [-0.15, -0.1) is 0 Å². The van der Waals surface area contributed by atoms with Crippen LogP contribution >= 0.6 is 0 Å². The molecule has 0 amide bonds. The van der Waals surface area contributed by atoms with Crippen molar-refractivity contribution in [1.29, 1.82) is 0 Å². The number of nitrogens with zero attached hydrogens (tertiary/aromatic N) is 2. The molecule has 0 saturated heterocycles. The van der Waals surface area contributed by atoms with Crippen molar-refractivity contribution in [2.75, 3.05) is 0 Å². The third-order valence-electron chi connectivity index (χ3n) is 2.94. The fraction of sp³-hybridized carbons (Fsp3) is 0.0667. The highest BCUT2D eigenvalue weighted by Crippen LogP contribution is 2.07. The van der Waals surface area contributed by atoms with E-state index in [2.05, 4.69) is 5.10 Å². The summed E-state index contributed by atoms with van der Waals surface area (Å²) in [7, 11) is 0. The maximum atomic E-state index is 12.2. The van der Waals surface area contributed by atoms with Gasteiger partial charge in [-0.1, -0.05) is 48.5 Å². The van der Waals surface area contributed by atoms with Crippen LogP contribution in [0.2, 0.25) is 0 Å². The lowest BCUT2D eigenvalue weighted by Crippen LogP contribution is -2.23. The average Bonchev–Trinajstić information content (AvgIpc) is 2.43. The van der Waals surface area contributed by atoms with Gasteiger partial charge in [0.05, 0.1) is 18.1 Å². The summed E-state index contributed by atoms with van der Waals surface area (Å²) >= 11 is 0. The molecule has 0 atom stereocenters. The first-order valence-electron chi connectivity index (χ1n) is 5.83. The number of fused-ring (bicyclic) bond motifs is 1. The van der Waals surface area contributed by atoms with Crippen LogP contribution < -0.4 is 5.56 Å². The fourth-order valence-electron chi connectivity index (χ4n) is 2.00. The Hall–Kier alpha value is -2.42. The van der Waals surface area contributed by atoms with E-state index in [1.54, 1.807) is 6.20 Å². The first-order chi connectivity index (χ1) is 8.84. The molecule has 1 heterocycles. The maximum Gasteiger partial charge on any atom is 0.274 e. The van der Waals surface area contributed by atoms with E-state index in [1.165, 1.54) is 4.68 Å². The predicted molar refractivity (Wildman–Crippen MR) is 71.5 cm³/mol. The van der Waals surface area contributed by atoms with Gasteiger partial charge in [0.25, 0.3) is 5.56 Å². The lowest BCUT2D eigenvalue weighted by molar-refractivity contribution is 0.647. The van der Waals surface area contributed by atoms with Gasteiger partial charge in [-0.25, -0.2) is 4.68 Å². The second-order valence-electron chi connectivity index (χ2n) is 4.18. The summed E-state index contributed by atoms with van der Waals surface area (Å²) in [4.78, 5) is 12.2. The molecule has 0 unspecified atom stereocenters. The van der Waals surface area contributed by atoms with Crippen LogP contribution in [0.4, 0.5) is 0 Å². The van der Waals surface area contributed by atoms with Gasteiger partial charge in [0.1, 0.15) is 0 Å². The Labute approximate surface area is 104 Å². The largest absolute Gasteiger partial charge is 0.274 e. The van der Waals surface area contributed by atoms with E-state index in [9.17, 15) is 4.79 Å². The topological polar surface area (TPSA) is 34.9 Å². The van der Waals surface area contributed by atoms with E-state index in [0.717, 1.165) is 10.9 Å². The van der Waals surface area contributed by atoms with E-state index in [1.807, 2.05) is 54.6 Å². The molecule has 0 aliphatic rings. The van der Waals surface area contributed by atoms with E-state index < -0.39 is 0 Å². The Bertz CT molecular complexity index is 732. The standard InChI is InChI=1S/C15H12N2O/c18-15-14-9-5-4-8-13(14)10-16-17(15)11-12-6-2-1-3-7-12/h1-10H,11H2. The van der Waals surface area contributed by atoms with Crippen LogP contribution in [-0.2, 0) is 6.54 Å². The van der Waals surface area contributed by atoms with Gasteiger partial charge >= 0.3 is 0 Å². The molecule has 0 saturated carbocycles. The quantitative estimate of drug-likeness (QED) is 0.685. The molecule has 0 spiro atoms. The molecule has 3 nitrogen and oxygen atoms in total. The third kappa shape index (κ3) is 1.91. The Morgan fingerprint density at radius 2 is 1.67 bits per heavy atom. The molecule has 88 valence electrons. The maximum absolute atomic E-state index is 12.2. The molecule has 3 heteroatoms. The van der Waals surface area contributed by atoms with Crippen molar-refractivity contribution >= 4 is 10.8 Å². The predicted octanol–water partition coefficient (Wildman–Crippen LogP) is 2.44. The van der Waals surface area contributed by atoms with Crippen LogP contribution in [0.5, 0.6) is 0 Å². The smallest absolute Gasteiger partial charge is 0.267 e. The molecule has 3 aromatic rings. The summed E-state index contributed by atoms with van der Waals surface area (Å²) in [6.45, 7) is 0.504. The molecule has 1 aromatic heterocycles. The van der Waals surface area contributed by atoms with Crippen molar-refractivity contribution < 1.29 is 0 Å². The van der Waals surface area contributed by atoms with Gasteiger partial charge in [-0.3, -0.25) is 4.79 Å². The first-order valence-corrected chi connectivity index (χ1v) is 5.83. The molecule has 0 radical (unpaired) electrons. The van der Waals surface area contributed by atoms with Crippen LogP contribution in [0.1, 0.15) is 5.56 Å². The second-order valence-corrected chi connectivity index (χ2v) is 4.18. The van der Waals surface area contributed by atoms with Gasteiger partial charge in [0, 0.05) is 5.39 Å². The summed E-state index contributed by atoms with van der Waals surface area (Å²) in [5.41, 5.74) is 1.03. The molecule has 3 rings (SSSR count). The summed E-state index contributed by atoms with van der Waals surface area (Å²) in [6.07, 6.45) is 1.74. The van der Waals surface area contributed by atoms with Gasteiger partial charge < -0.3 is 0 Å². The highest BCUT2D eigenvalue weighted by Gasteiger charge is 2.03. The normalized spacial score (nSPS) is 10.7. The van der Waals surface area contributed by atoms with Crippen molar-refractivity contribution in [2.45, 2.75) is 6.54 Å². The van der Waals surface area contributed by atoms with E-state index in [0.29, 0.717) is 11.9 Å². The minimum absolute atomic E-state index is 0.0445. The molecule has 0 bridgehead atoms. The number of rotatable bonds is 2. The summed E-state index contributed by atoms with van der Waals surface area (Å²) < 4.78 is 1.50. The van der Waals surface area contributed by atoms with E-state index >= 15 is 0 Å². The van der Waals surface area contributed by atoms with Crippen LogP contribution in [0.15, 0.2) is 65.6 Å².